The quantitative estimate of drug-likeness (QED) is 0.867. The third kappa shape index (κ3) is 3.57. The van der Waals surface area contributed by atoms with Crippen LogP contribution in [0.25, 0.3) is 10.9 Å². The first-order valence-corrected chi connectivity index (χ1v) is 8.25. The molecule has 1 atom stereocenters. The smallest absolute Gasteiger partial charge is 0.277 e. The molecule has 1 aromatic carbocycles. The summed E-state index contributed by atoms with van der Waals surface area (Å²) in [7, 11) is 0. The molecule has 0 radical (unpaired) electrons. The van der Waals surface area contributed by atoms with E-state index in [4.69, 9.17) is 0 Å². The van der Waals surface area contributed by atoms with E-state index in [0.29, 0.717) is 23.2 Å². The molecule has 6 nitrogen and oxygen atoms in total. The number of carbonyl (C=O) groups excluding carboxylic acids is 1. The number of benzene rings is 1. The van der Waals surface area contributed by atoms with Gasteiger partial charge in [0.15, 0.2) is 0 Å². The molecule has 0 bridgehead atoms. The largest absolute Gasteiger partial charge is 0.343 e. The molecule has 1 aliphatic rings. The van der Waals surface area contributed by atoms with Crippen LogP contribution in [0.4, 0.5) is 0 Å². The summed E-state index contributed by atoms with van der Waals surface area (Å²) in [4.78, 5) is 26.6. The number of rotatable bonds is 3. The molecule has 2 aromatic rings. The first kappa shape index (κ1) is 15.6. The van der Waals surface area contributed by atoms with E-state index in [1.165, 1.54) is 11.1 Å². The molecular formula is C17H22N4O2. The standard InChI is InChI=1S/C17H22N4O2/c1-13-5-4-10-20(11-8-13)16(22)9-12-21-17(23)14-6-2-3-7-15(14)18-19-21/h2-3,6-7,13H,4-5,8-12H2,1H3/t13-/m1/s1. The highest BCUT2D eigenvalue weighted by atomic mass is 16.2. The molecule has 0 aliphatic carbocycles. The van der Waals surface area contributed by atoms with E-state index in [9.17, 15) is 9.59 Å². The number of fused-ring (bicyclic) bond motifs is 1. The maximum Gasteiger partial charge on any atom is 0.277 e. The van der Waals surface area contributed by atoms with Crippen molar-refractivity contribution in [3.05, 3.63) is 34.6 Å². The highest BCUT2D eigenvalue weighted by Gasteiger charge is 2.18. The summed E-state index contributed by atoms with van der Waals surface area (Å²) in [6.07, 6.45) is 3.59. The van der Waals surface area contributed by atoms with E-state index in [2.05, 4.69) is 17.2 Å². The number of carbonyl (C=O) groups is 1. The van der Waals surface area contributed by atoms with Crippen LogP contribution < -0.4 is 5.56 Å². The summed E-state index contributed by atoms with van der Waals surface area (Å²) in [5, 5.41) is 8.52. The fourth-order valence-corrected chi connectivity index (χ4v) is 3.04. The summed E-state index contributed by atoms with van der Waals surface area (Å²) >= 11 is 0. The highest BCUT2D eigenvalue weighted by molar-refractivity contribution is 5.77. The molecular weight excluding hydrogens is 292 g/mol. The maximum absolute atomic E-state index is 12.4. The van der Waals surface area contributed by atoms with E-state index >= 15 is 0 Å². The van der Waals surface area contributed by atoms with Crippen molar-refractivity contribution in [2.75, 3.05) is 13.1 Å². The van der Waals surface area contributed by atoms with E-state index in [-0.39, 0.29) is 18.0 Å². The Morgan fingerprint density at radius 3 is 2.96 bits per heavy atom. The lowest BCUT2D eigenvalue weighted by atomic mass is 10.0. The maximum atomic E-state index is 12.4. The Balaban J connectivity index is 1.67. The minimum Gasteiger partial charge on any atom is -0.343 e. The third-order valence-electron chi connectivity index (χ3n) is 4.54. The predicted molar refractivity (Wildman–Crippen MR) is 88.0 cm³/mol. The molecule has 1 fully saturated rings. The second kappa shape index (κ2) is 6.89. The number of hydrogen-bond acceptors (Lipinski definition) is 4. The Morgan fingerprint density at radius 1 is 1.26 bits per heavy atom. The Labute approximate surface area is 135 Å². The van der Waals surface area contributed by atoms with Crippen LogP contribution in [-0.2, 0) is 11.3 Å². The van der Waals surface area contributed by atoms with Gasteiger partial charge in [-0.3, -0.25) is 9.59 Å². The Kier molecular flexibility index (Phi) is 4.69. The van der Waals surface area contributed by atoms with Crippen molar-refractivity contribution in [1.29, 1.82) is 0 Å². The second-order valence-corrected chi connectivity index (χ2v) is 6.30. The van der Waals surface area contributed by atoms with Gasteiger partial charge in [-0.15, -0.1) is 5.10 Å². The van der Waals surface area contributed by atoms with E-state index in [1.807, 2.05) is 11.0 Å². The van der Waals surface area contributed by atoms with E-state index in [0.717, 1.165) is 25.9 Å². The SMILES string of the molecule is C[C@@H]1CCCN(C(=O)CCn2nnc3ccccc3c2=O)CC1. The second-order valence-electron chi connectivity index (χ2n) is 6.30. The minimum atomic E-state index is -0.187. The number of amides is 1. The van der Waals surface area contributed by atoms with Crippen molar-refractivity contribution in [2.45, 2.75) is 39.2 Å². The van der Waals surface area contributed by atoms with Crippen molar-refractivity contribution in [3.8, 4) is 0 Å². The van der Waals surface area contributed by atoms with Crippen molar-refractivity contribution in [1.82, 2.24) is 19.9 Å². The fraction of sp³-hybridized carbons (Fsp3) is 0.529. The lowest BCUT2D eigenvalue weighted by molar-refractivity contribution is -0.131. The van der Waals surface area contributed by atoms with Gasteiger partial charge in [-0.2, -0.15) is 0 Å². The van der Waals surface area contributed by atoms with Crippen molar-refractivity contribution in [3.63, 3.8) is 0 Å². The molecule has 1 amide bonds. The van der Waals surface area contributed by atoms with Crippen LogP contribution in [0.1, 0.15) is 32.6 Å². The molecule has 0 saturated carbocycles. The van der Waals surface area contributed by atoms with Gasteiger partial charge in [0, 0.05) is 19.5 Å². The van der Waals surface area contributed by atoms with Gasteiger partial charge in [-0.05, 0) is 37.3 Å². The molecule has 0 spiro atoms. The predicted octanol–water partition coefficient (Wildman–Crippen LogP) is 1.83. The van der Waals surface area contributed by atoms with Crippen LogP contribution >= 0.6 is 0 Å². The topological polar surface area (TPSA) is 68.1 Å². The van der Waals surface area contributed by atoms with Crippen LogP contribution in [-0.4, -0.2) is 38.9 Å². The van der Waals surface area contributed by atoms with Crippen LogP contribution in [0.15, 0.2) is 29.1 Å². The van der Waals surface area contributed by atoms with E-state index < -0.39 is 0 Å². The Bertz CT molecular complexity index is 756. The van der Waals surface area contributed by atoms with Gasteiger partial charge in [0.1, 0.15) is 5.52 Å². The molecule has 1 saturated heterocycles. The van der Waals surface area contributed by atoms with Crippen LogP contribution in [0, 0.1) is 5.92 Å². The van der Waals surface area contributed by atoms with E-state index in [1.54, 1.807) is 18.2 Å². The number of aryl methyl sites for hydroxylation is 1. The van der Waals surface area contributed by atoms with Crippen LogP contribution in [0.5, 0.6) is 0 Å². The average molecular weight is 314 g/mol. The van der Waals surface area contributed by atoms with Gasteiger partial charge in [0.05, 0.1) is 11.9 Å². The van der Waals surface area contributed by atoms with Gasteiger partial charge in [0.2, 0.25) is 5.91 Å². The average Bonchev–Trinajstić information content (AvgIpc) is 2.79. The molecule has 1 aliphatic heterocycles. The normalized spacial score (nSPS) is 18.8. The zero-order valence-electron chi connectivity index (χ0n) is 13.4. The fourth-order valence-electron chi connectivity index (χ4n) is 3.04. The zero-order chi connectivity index (χ0) is 16.2. The Morgan fingerprint density at radius 2 is 2.09 bits per heavy atom. The molecule has 0 N–H and O–H groups in total. The summed E-state index contributed by atoms with van der Waals surface area (Å²) < 4.78 is 1.29. The van der Waals surface area contributed by atoms with Gasteiger partial charge < -0.3 is 4.90 Å². The number of aromatic nitrogens is 3. The van der Waals surface area contributed by atoms with Crippen LogP contribution in [0.3, 0.4) is 0 Å². The molecule has 23 heavy (non-hydrogen) atoms. The summed E-state index contributed by atoms with van der Waals surface area (Å²) in [6.45, 7) is 4.15. The molecule has 3 rings (SSSR count). The molecule has 1 aromatic heterocycles. The lowest BCUT2D eigenvalue weighted by Gasteiger charge is -2.20. The van der Waals surface area contributed by atoms with Crippen molar-refractivity contribution < 1.29 is 4.79 Å². The summed E-state index contributed by atoms with van der Waals surface area (Å²) in [5.41, 5.74) is 0.398. The van der Waals surface area contributed by atoms with Gasteiger partial charge in [-0.25, -0.2) is 4.68 Å². The minimum absolute atomic E-state index is 0.0981. The van der Waals surface area contributed by atoms with Crippen LogP contribution in [0.2, 0.25) is 0 Å². The first-order chi connectivity index (χ1) is 11.1. The number of nitrogens with zero attached hydrogens (tertiary/aromatic N) is 4. The molecule has 6 heteroatoms. The lowest BCUT2D eigenvalue weighted by Crippen LogP contribution is -2.34. The molecule has 2 heterocycles. The summed E-state index contributed by atoms with van der Waals surface area (Å²) in [6, 6.07) is 7.13. The van der Waals surface area contributed by atoms with Gasteiger partial charge in [-0.1, -0.05) is 24.3 Å². The number of likely N-dealkylation sites (tertiary alicyclic amines) is 1. The zero-order valence-corrected chi connectivity index (χ0v) is 13.4. The van der Waals surface area contributed by atoms with Crippen molar-refractivity contribution in [2.24, 2.45) is 5.92 Å². The van der Waals surface area contributed by atoms with Gasteiger partial charge in [0.25, 0.3) is 5.56 Å². The highest BCUT2D eigenvalue weighted by Crippen LogP contribution is 2.17. The third-order valence-corrected chi connectivity index (χ3v) is 4.54. The Hall–Kier alpha value is -2.24. The van der Waals surface area contributed by atoms with Crippen molar-refractivity contribution >= 4 is 16.8 Å². The summed E-state index contributed by atoms with van der Waals surface area (Å²) in [5.74, 6) is 0.780. The monoisotopic (exact) mass is 314 g/mol. The molecule has 122 valence electrons. The number of hydrogen-bond donors (Lipinski definition) is 0. The first-order valence-electron chi connectivity index (χ1n) is 8.25. The molecule has 0 unspecified atom stereocenters. The van der Waals surface area contributed by atoms with Gasteiger partial charge >= 0.3 is 0 Å².